The summed E-state index contributed by atoms with van der Waals surface area (Å²) in [4.78, 5) is 0. The van der Waals surface area contributed by atoms with Crippen LogP contribution in [0.5, 0.6) is 5.75 Å². The van der Waals surface area contributed by atoms with Crippen LogP contribution in [0.3, 0.4) is 0 Å². The number of sulfone groups is 2. The maximum Gasteiger partial charge on any atom is 0.306 e. The van der Waals surface area contributed by atoms with E-state index in [9.17, 15) is 25.3 Å². The van der Waals surface area contributed by atoms with Gasteiger partial charge in [0.05, 0.1) is 17.8 Å². The Morgan fingerprint density at radius 3 is 1.77 bits per heavy atom. The van der Waals surface area contributed by atoms with Gasteiger partial charge in [-0.25, -0.2) is 16.8 Å². The molecule has 1 rings (SSSR count). The van der Waals surface area contributed by atoms with Gasteiger partial charge in [-0.15, -0.1) is 0 Å². The van der Waals surface area contributed by atoms with Gasteiger partial charge in [-0.2, -0.15) is 8.42 Å². The summed E-state index contributed by atoms with van der Waals surface area (Å²) in [5.74, 6) is -0.747. The lowest BCUT2D eigenvalue weighted by atomic mass is 10.1. The zero-order chi connectivity index (χ0) is 17.3. The third-order valence-corrected chi connectivity index (χ3v) is 4.79. The van der Waals surface area contributed by atoms with Crippen LogP contribution in [0, 0.1) is 6.92 Å². The van der Waals surface area contributed by atoms with Gasteiger partial charge in [-0.3, -0.25) is 0 Å². The molecule has 0 saturated heterocycles. The van der Waals surface area contributed by atoms with E-state index in [1.165, 1.54) is 19.1 Å². The van der Waals surface area contributed by atoms with E-state index in [2.05, 4.69) is 0 Å². The maximum absolute atomic E-state index is 11.5. The van der Waals surface area contributed by atoms with Gasteiger partial charge in [0, 0.05) is 12.5 Å². The van der Waals surface area contributed by atoms with Crippen LogP contribution in [-0.4, -0.2) is 44.0 Å². The van der Waals surface area contributed by atoms with Crippen molar-refractivity contribution in [3.05, 3.63) is 28.8 Å². The second-order valence-corrected chi connectivity index (χ2v) is 11.2. The Bertz CT molecular complexity index is 824. The van der Waals surface area contributed by atoms with Crippen LogP contribution in [0.1, 0.15) is 16.7 Å². The zero-order valence-electron chi connectivity index (χ0n) is 12.7. The SMILES string of the molecule is Cc1c(CS(C)(=O)=O)cc(CS(C)(=O)=O)cc1OS(C)(=O)=O. The summed E-state index contributed by atoms with van der Waals surface area (Å²) in [7, 11) is -10.6. The van der Waals surface area contributed by atoms with Crippen molar-refractivity contribution in [3.63, 3.8) is 0 Å². The maximum atomic E-state index is 11.5. The summed E-state index contributed by atoms with van der Waals surface area (Å²) < 4.78 is 73.1. The van der Waals surface area contributed by atoms with E-state index in [0.29, 0.717) is 11.1 Å². The fraction of sp³-hybridized carbons (Fsp3) is 0.500. The van der Waals surface area contributed by atoms with E-state index in [1.807, 2.05) is 0 Å². The molecule has 0 atom stereocenters. The van der Waals surface area contributed by atoms with E-state index in [4.69, 9.17) is 4.18 Å². The van der Waals surface area contributed by atoms with E-state index >= 15 is 0 Å². The van der Waals surface area contributed by atoms with Gasteiger partial charge in [0.1, 0.15) is 5.75 Å². The van der Waals surface area contributed by atoms with Crippen LogP contribution in [0.25, 0.3) is 0 Å². The molecular weight excluding hydrogens is 352 g/mol. The molecule has 1 aromatic carbocycles. The molecule has 0 bridgehead atoms. The van der Waals surface area contributed by atoms with Gasteiger partial charge in [0.15, 0.2) is 19.7 Å². The molecule has 0 aliphatic heterocycles. The lowest BCUT2D eigenvalue weighted by Gasteiger charge is -2.13. The molecule has 0 amide bonds. The Hall–Kier alpha value is -1.13. The summed E-state index contributed by atoms with van der Waals surface area (Å²) in [6.45, 7) is 1.52. The third kappa shape index (κ3) is 6.75. The van der Waals surface area contributed by atoms with Gasteiger partial charge in [0.2, 0.25) is 0 Å². The number of hydrogen-bond donors (Lipinski definition) is 0. The molecule has 0 radical (unpaired) electrons. The number of benzene rings is 1. The van der Waals surface area contributed by atoms with Crippen molar-refractivity contribution in [1.29, 1.82) is 0 Å². The first-order valence-electron chi connectivity index (χ1n) is 6.03. The number of rotatable bonds is 6. The second-order valence-electron chi connectivity index (χ2n) is 5.31. The summed E-state index contributed by atoms with van der Waals surface area (Å²) in [6.07, 6.45) is 2.92. The van der Waals surface area contributed by atoms with Gasteiger partial charge in [-0.05, 0) is 29.7 Å². The highest BCUT2D eigenvalue weighted by molar-refractivity contribution is 7.90. The van der Waals surface area contributed by atoms with Crippen LogP contribution < -0.4 is 4.18 Å². The van der Waals surface area contributed by atoms with Crippen LogP contribution in [0.15, 0.2) is 12.1 Å². The molecule has 10 heteroatoms. The fourth-order valence-corrected chi connectivity index (χ4v) is 4.01. The molecule has 126 valence electrons. The fourth-order valence-electron chi connectivity index (χ4n) is 1.88. The van der Waals surface area contributed by atoms with Crippen LogP contribution in [-0.2, 0) is 41.3 Å². The average molecular weight is 370 g/mol. The van der Waals surface area contributed by atoms with E-state index in [-0.39, 0.29) is 22.8 Å². The average Bonchev–Trinajstić information content (AvgIpc) is 2.18. The summed E-state index contributed by atoms with van der Waals surface area (Å²) >= 11 is 0. The van der Waals surface area contributed by atoms with Crippen molar-refractivity contribution in [2.24, 2.45) is 0 Å². The molecule has 0 heterocycles. The lowest BCUT2D eigenvalue weighted by molar-refractivity contribution is 0.490. The first-order valence-corrected chi connectivity index (χ1v) is 12.0. The quantitative estimate of drug-likeness (QED) is 0.667. The Labute approximate surface area is 131 Å². The van der Waals surface area contributed by atoms with Gasteiger partial charge in [-0.1, -0.05) is 6.07 Å². The van der Waals surface area contributed by atoms with Crippen LogP contribution >= 0.6 is 0 Å². The van der Waals surface area contributed by atoms with Crippen LogP contribution in [0.2, 0.25) is 0 Å². The molecule has 0 fully saturated rings. The molecule has 0 aliphatic carbocycles. The Morgan fingerprint density at radius 2 is 1.36 bits per heavy atom. The predicted molar refractivity (Wildman–Crippen MR) is 83.7 cm³/mol. The topological polar surface area (TPSA) is 112 Å². The molecule has 0 saturated carbocycles. The molecular formula is C12H18O7S3. The molecule has 0 aliphatic rings. The van der Waals surface area contributed by atoms with Crippen molar-refractivity contribution < 1.29 is 29.4 Å². The third-order valence-electron chi connectivity index (χ3n) is 2.62. The predicted octanol–water partition coefficient (Wildman–Crippen LogP) is 0.423. The Morgan fingerprint density at radius 1 is 0.864 bits per heavy atom. The minimum Gasteiger partial charge on any atom is -0.382 e. The van der Waals surface area contributed by atoms with E-state index in [1.54, 1.807) is 0 Å². The minimum atomic E-state index is -3.82. The molecule has 0 unspecified atom stereocenters. The second kappa shape index (κ2) is 6.17. The molecule has 7 nitrogen and oxygen atoms in total. The van der Waals surface area contributed by atoms with Crippen molar-refractivity contribution >= 4 is 29.8 Å². The monoisotopic (exact) mass is 370 g/mol. The standard InChI is InChI=1S/C12H18O7S3/c1-9-11(8-21(3,15)16)5-10(7-20(2,13)14)6-12(9)19-22(4,17)18/h5-6H,7-8H2,1-4H3. The summed E-state index contributed by atoms with van der Waals surface area (Å²) in [5.41, 5.74) is 0.917. The van der Waals surface area contributed by atoms with E-state index in [0.717, 1.165) is 18.8 Å². The highest BCUT2D eigenvalue weighted by Gasteiger charge is 2.17. The summed E-state index contributed by atoms with van der Waals surface area (Å²) in [6, 6.07) is 2.73. The van der Waals surface area contributed by atoms with Crippen molar-refractivity contribution in [2.45, 2.75) is 18.4 Å². The van der Waals surface area contributed by atoms with E-state index < -0.39 is 29.8 Å². The zero-order valence-corrected chi connectivity index (χ0v) is 15.1. The molecule has 0 N–H and O–H groups in total. The smallest absolute Gasteiger partial charge is 0.306 e. The Balaban J connectivity index is 3.49. The van der Waals surface area contributed by atoms with Gasteiger partial charge >= 0.3 is 10.1 Å². The number of hydrogen-bond acceptors (Lipinski definition) is 7. The first kappa shape index (κ1) is 18.9. The normalized spacial score (nSPS) is 13.1. The highest BCUT2D eigenvalue weighted by atomic mass is 32.2. The first-order chi connectivity index (χ1) is 9.66. The molecule has 0 spiro atoms. The molecule has 1 aromatic rings. The van der Waals surface area contributed by atoms with Gasteiger partial charge < -0.3 is 4.18 Å². The largest absolute Gasteiger partial charge is 0.382 e. The lowest BCUT2D eigenvalue weighted by Crippen LogP contribution is -2.11. The Kier molecular flexibility index (Phi) is 5.30. The van der Waals surface area contributed by atoms with Crippen LogP contribution in [0.4, 0.5) is 0 Å². The minimum absolute atomic E-state index is 0.0673. The van der Waals surface area contributed by atoms with Crippen molar-refractivity contribution in [2.75, 3.05) is 18.8 Å². The van der Waals surface area contributed by atoms with Crippen molar-refractivity contribution in [3.8, 4) is 5.75 Å². The summed E-state index contributed by atoms with van der Waals surface area (Å²) in [5, 5.41) is 0. The molecule has 22 heavy (non-hydrogen) atoms. The van der Waals surface area contributed by atoms with Gasteiger partial charge in [0.25, 0.3) is 0 Å². The van der Waals surface area contributed by atoms with Crippen molar-refractivity contribution in [1.82, 2.24) is 0 Å². The highest BCUT2D eigenvalue weighted by Crippen LogP contribution is 2.27. The molecule has 0 aromatic heterocycles.